The average Bonchev–Trinajstić information content (AvgIpc) is 2.73. The Balaban J connectivity index is 2.23. The van der Waals surface area contributed by atoms with E-state index in [4.69, 9.17) is 9.72 Å². The number of amides is 1. The molecular weight excluding hydrogens is 366 g/mol. The van der Waals surface area contributed by atoms with E-state index in [1.807, 2.05) is 66.5 Å². The number of benzene rings is 2. The van der Waals surface area contributed by atoms with Crippen molar-refractivity contribution in [3.63, 3.8) is 0 Å². The maximum Gasteiger partial charge on any atom is 0.340 e. The van der Waals surface area contributed by atoms with E-state index >= 15 is 0 Å². The first-order chi connectivity index (χ1) is 14.0. The number of nitrogens with zero attached hydrogens (tertiary/aromatic N) is 2. The van der Waals surface area contributed by atoms with Crippen molar-refractivity contribution in [3.05, 3.63) is 65.9 Å². The molecule has 3 aromatic rings. The SMILES string of the molecule is CCOC(=O)c1c(CN(C)CC(=O)NC)nc2ccccc2c1-c1ccccc1. The summed E-state index contributed by atoms with van der Waals surface area (Å²) < 4.78 is 5.39. The van der Waals surface area contributed by atoms with Gasteiger partial charge in [0.1, 0.15) is 0 Å². The summed E-state index contributed by atoms with van der Waals surface area (Å²) in [6, 6.07) is 17.5. The molecule has 6 heteroatoms. The number of esters is 1. The molecule has 0 fully saturated rings. The van der Waals surface area contributed by atoms with Crippen LogP contribution in [0.4, 0.5) is 0 Å². The maximum absolute atomic E-state index is 13.0. The van der Waals surface area contributed by atoms with Crippen molar-refractivity contribution in [2.24, 2.45) is 0 Å². The van der Waals surface area contributed by atoms with Crippen LogP contribution < -0.4 is 5.32 Å². The number of para-hydroxylation sites is 1. The zero-order valence-corrected chi connectivity index (χ0v) is 16.9. The first-order valence-electron chi connectivity index (χ1n) is 9.58. The van der Waals surface area contributed by atoms with Crippen LogP contribution in [-0.4, -0.2) is 49.0 Å². The second-order valence-corrected chi connectivity index (χ2v) is 6.76. The molecule has 29 heavy (non-hydrogen) atoms. The van der Waals surface area contributed by atoms with Gasteiger partial charge in [-0.05, 0) is 25.6 Å². The van der Waals surface area contributed by atoms with Crippen molar-refractivity contribution < 1.29 is 14.3 Å². The number of rotatable bonds is 7. The molecule has 0 atom stereocenters. The average molecular weight is 391 g/mol. The van der Waals surface area contributed by atoms with Gasteiger partial charge in [-0.2, -0.15) is 0 Å². The normalized spacial score (nSPS) is 10.9. The summed E-state index contributed by atoms with van der Waals surface area (Å²) in [6.45, 7) is 2.60. The second kappa shape index (κ2) is 9.30. The Morgan fingerprint density at radius 3 is 2.45 bits per heavy atom. The van der Waals surface area contributed by atoms with Crippen LogP contribution in [0.3, 0.4) is 0 Å². The molecule has 0 aliphatic rings. The second-order valence-electron chi connectivity index (χ2n) is 6.76. The molecule has 0 aliphatic heterocycles. The Kier molecular flexibility index (Phi) is 6.57. The molecule has 6 nitrogen and oxygen atoms in total. The third kappa shape index (κ3) is 4.60. The van der Waals surface area contributed by atoms with Gasteiger partial charge < -0.3 is 10.1 Å². The zero-order valence-electron chi connectivity index (χ0n) is 16.9. The van der Waals surface area contributed by atoms with Crippen molar-refractivity contribution in [1.82, 2.24) is 15.2 Å². The van der Waals surface area contributed by atoms with Crippen molar-refractivity contribution in [2.45, 2.75) is 13.5 Å². The molecule has 0 bridgehead atoms. The number of fused-ring (bicyclic) bond motifs is 1. The number of aromatic nitrogens is 1. The van der Waals surface area contributed by atoms with E-state index in [9.17, 15) is 9.59 Å². The minimum absolute atomic E-state index is 0.103. The van der Waals surface area contributed by atoms with Gasteiger partial charge in [0.25, 0.3) is 0 Å². The molecule has 0 saturated heterocycles. The summed E-state index contributed by atoms with van der Waals surface area (Å²) in [7, 11) is 3.42. The van der Waals surface area contributed by atoms with Crippen molar-refractivity contribution in [2.75, 3.05) is 27.2 Å². The molecular formula is C23H25N3O3. The van der Waals surface area contributed by atoms with E-state index in [1.165, 1.54) is 0 Å². The molecule has 0 unspecified atom stereocenters. The number of pyridine rings is 1. The minimum Gasteiger partial charge on any atom is -0.462 e. The number of hydrogen-bond donors (Lipinski definition) is 1. The molecule has 1 heterocycles. The number of carbonyl (C=O) groups excluding carboxylic acids is 2. The van der Waals surface area contributed by atoms with Gasteiger partial charge in [-0.25, -0.2) is 4.79 Å². The smallest absolute Gasteiger partial charge is 0.340 e. The Bertz CT molecular complexity index is 1020. The van der Waals surface area contributed by atoms with Gasteiger partial charge in [0.05, 0.1) is 29.9 Å². The maximum atomic E-state index is 13.0. The number of nitrogens with one attached hydrogen (secondary N) is 1. The van der Waals surface area contributed by atoms with Gasteiger partial charge >= 0.3 is 5.97 Å². The van der Waals surface area contributed by atoms with Crippen LogP contribution in [0.2, 0.25) is 0 Å². The lowest BCUT2D eigenvalue weighted by atomic mass is 9.94. The lowest BCUT2D eigenvalue weighted by Crippen LogP contribution is -2.33. The molecule has 1 N–H and O–H groups in total. The summed E-state index contributed by atoms with van der Waals surface area (Å²) in [6.07, 6.45) is 0. The molecule has 0 radical (unpaired) electrons. The van der Waals surface area contributed by atoms with Gasteiger partial charge in [-0.1, -0.05) is 48.5 Å². The first kappa shape index (κ1) is 20.5. The zero-order chi connectivity index (χ0) is 20.8. The van der Waals surface area contributed by atoms with Gasteiger partial charge in [-0.15, -0.1) is 0 Å². The molecule has 0 aliphatic carbocycles. The van der Waals surface area contributed by atoms with Crippen LogP contribution in [0, 0.1) is 0 Å². The molecule has 3 rings (SSSR count). The molecule has 1 amide bonds. The van der Waals surface area contributed by atoms with Crippen LogP contribution in [0.5, 0.6) is 0 Å². The van der Waals surface area contributed by atoms with Gasteiger partial charge in [0, 0.05) is 24.5 Å². The summed E-state index contributed by atoms with van der Waals surface area (Å²) >= 11 is 0. The van der Waals surface area contributed by atoms with E-state index in [2.05, 4.69) is 5.32 Å². The molecule has 150 valence electrons. The number of likely N-dealkylation sites (N-methyl/N-ethyl adjacent to an activating group) is 2. The molecule has 0 saturated carbocycles. The Morgan fingerprint density at radius 1 is 1.07 bits per heavy atom. The fraction of sp³-hybridized carbons (Fsp3) is 0.261. The van der Waals surface area contributed by atoms with Crippen LogP contribution >= 0.6 is 0 Å². The third-order valence-electron chi connectivity index (χ3n) is 4.62. The highest BCUT2D eigenvalue weighted by molar-refractivity contribution is 6.07. The van der Waals surface area contributed by atoms with Gasteiger partial charge in [-0.3, -0.25) is 14.7 Å². The van der Waals surface area contributed by atoms with Gasteiger partial charge in [0.15, 0.2) is 0 Å². The topological polar surface area (TPSA) is 71.5 Å². The fourth-order valence-electron chi connectivity index (χ4n) is 3.34. The van der Waals surface area contributed by atoms with Crippen LogP contribution in [0.15, 0.2) is 54.6 Å². The van der Waals surface area contributed by atoms with E-state index in [0.29, 0.717) is 17.8 Å². The predicted molar refractivity (Wildman–Crippen MR) is 114 cm³/mol. The van der Waals surface area contributed by atoms with Crippen LogP contribution in [-0.2, 0) is 16.1 Å². The third-order valence-corrected chi connectivity index (χ3v) is 4.62. The number of ether oxygens (including phenoxy) is 1. The van der Waals surface area contributed by atoms with Crippen molar-refractivity contribution in [3.8, 4) is 11.1 Å². The van der Waals surface area contributed by atoms with E-state index in [0.717, 1.165) is 22.0 Å². The highest BCUT2D eigenvalue weighted by Gasteiger charge is 2.24. The summed E-state index contributed by atoms with van der Waals surface area (Å²) in [5.74, 6) is -0.512. The lowest BCUT2D eigenvalue weighted by Gasteiger charge is -2.20. The molecule has 1 aromatic heterocycles. The minimum atomic E-state index is -0.409. The quantitative estimate of drug-likeness (QED) is 0.626. The highest BCUT2D eigenvalue weighted by Crippen LogP contribution is 2.34. The first-order valence-corrected chi connectivity index (χ1v) is 9.58. The number of carbonyl (C=O) groups is 2. The van der Waals surface area contributed by atoms with Gasteiger partial charge in [0.2, 0.25) is 5.91 Å². The Labute approximate surface area is 170 Å². The molecule has 0 spiro atoms. The standard InChI is InChI=1S/C23H25N3O3/c1-4-29-23(28)22-19(14-26(3)15-20(27)24-2)25-18-13-9-8-12-17(18)21(22)16-10-6-5-7-11-16/h5-13H,4,14-15H2,1-3H3,(H,24,27). The van der Waals surface area contributed by atoms with Crippen molar-refractivity contribution in [1.29, 1.82) is 0 Å². The van der Waals surface area contributed by atoms with E-state index in [1.54, 1.807) is 14.0 Å². The van der Waals surface area contributed by atoms with Crippen molar-refractivity contribution >= 4 is 22.8 Å². The fourth-order valence-corrected chi connectivity index (χ4v) is 3.34. The largest absolute Gasteiger partial charge is 0.462 e. The van der Waals surface area contributed by atoms with Crippen LogP contribution in [0.1, 0.15) is 23.0 Å². The predicted octanol–water partition coefficient (Wildman–Crippen LogP) is 3.26. The summed E-state index contributed by atoms with van der Waals surface area (Å²) in [4.78, 5) is 31.4. The summed E-state index contributed by atoms with van der Waals surface area (Å²) in [5.41, 5.74) is 3.55. The highest BCUT2D eigenvalue weighted by atomic mass is 16.5. The number of hydrogen-bond acceptors (Lipinski definition) is 5. The van der Waals surface area contributed by atoms with E-state index in [-0.39, 0.29) is 19.1 Å². The monoisotopic (exact) mass is 391 g/mol. The van der Waals surface area contributed by atoms with Crippen LogP contribution in [0.25, 0.3) is 22.0 Å². The Morgan fingerprint density at radius 2 is 1.76 bits per heavy atom. The van der Waals surface area contributed by atoms with E-state index < -0.39 is 5.97 Å². The Hall–Kier alpha value is -3.25. The molecule has 2 aromatic carbocycles. The summed E-state index contributed by atoms with van der Waals surface area (Å²) in [5, 5.41) is 3.50. The lowest BCUT2D eigenvalue weighted by molar-refractivity contribution is -0.121.